The van der Waals surface area contributed by atoms with Gasteiger partial charge in [0, 0.05) is 25.4 Å². The number of benzene rings is 2. The average molecular weight is 649 g/mol. The number of hydrogen-bond donors (Lipinski definition) is 3. The Balaban J connectivity index is 0.000000644. The monoisotopic (exact) mass is 648 g/mol. The minimum Gasteiger partial charge on any atom is -0.312 e. The minimum atomic E-state index is -4.06. The molecule has 2 aliphatic carbocycles. The van der Waals surface area contributed by atoms with E-state index in [4.69, 9.17) is 0 Å². The number of nitrogens with one attached hydrogen (secondary N) is 3. The van der Waals surface area contributed by atoms with Crippen LogP contribution in [0.15, 0.2) is 72.3 Å². The van der Waals surface area contributed by atoms with E-state index in [0.717, 1.165) is 71.1 Å². The van der Waals surface area contributed by atoms with Crippen molar-refractivity contribution in [2.45, 2.75) is 88.3 Å². The summed E-state index contributed by atoms with van der Waals surface area (Å²) in [6.07, 6.45) is 15.9. The van der Waals surface area contributed by atoms with Crippen molar-refractivity contribution >= 4 is 6.29 Å². The van der Waals surface area contributed by atoms with Gasteiger partial charge in [0.05, 0.1) is 12.0 Å². The first-order valence-electron chi connectivity index (χ1n) is 17.3. The van der Waals surface area contributed by atoms with Gasteiger partial charge in [0.25, 0.3) is 0 Å². The first-order valence-corrected chi connectivity index (χ1v) is 17.3. The first kappa shape index (κ1) is 36.6. The fourth-order valence-electron chi connectivity index (χ4n) is 6.83. The Labute approximate surface area is 279 Å². The van der Waals surface area contributed by atoms with Gasteiger partial charge in [-0.15, -0.1) is 5.92 Å². The summed E-state index contributed by atoms with van der Waals surface area (Å²) in [5, 5.41) is 1.98. The standard InChI is InChI=1S/C36H45N3O.C3H6F3N/c40-29-36(34-20-9-7-18-32(34)33-19-8-10-21-35(33)36)24-12-14-26-39-27-22-31(23-28-39)38-37-25-13-11-17-30-15-5-3-1-2-4-6-16-30;1-7-2-3(4,5)6/h5,7-10,15-16,18-21,29,31,37-38H,3-4,6,11-14,17,22-28H2;7H,2H2,1H3/b15-5-,30-16?;. The number of carbonyl (C=O) groups is 1. The summed E-state index contributed by atoms with van der Waals surface area (Å²) in [6.45, 7) is 3.52. The van der Waals surface area contributed by atoms with Crippen LogP contribution in [0.4, 0.5) is 13.2 Å². The zero-order valence-electron chi connectivity index (χ0n) is 27.8. The fourth-order valence-corrected chi connectivity index (χ4v) is 6.83. The number of fused-ring (bicyclic) bond motifs is 3. The third-order valence-electron chi connectivity index (χ3n) is 9.24. The summed E-state index contributed by atoms with van der Waals surface area (Å²) in [4.78, 5) is 15.2. The highest BCUT2D eigenvalue weighted by molar-refractivity contribution is 5.91. The third-order valence-corrected chi connectivity index (χ3v) is 9.24. The van der Waals surface area contributed by atoms with Crippen molar-refractivity contribution in [3.63, 3.8) is 0 Å². The Kier molecular flexibility index (Phi) is 14.8. The number of alkyl halides is 3. The largest absolute Gasteiger partial charge is 0.401 e. The van der Waals surface area contributed by atoms with Gasteiger partial charge in [-0.1, -0.05) is 84.7 Å². The Morgan fingerprint density at radius 1 is 0.957 bits per heavy atom. The van der Waals surface area contributed by atoms with Crippen LogP contribution >= 0.6 is 0 Å². The molecule has 1 heterocycles. The molecule has 47 heavy (non-hydrogen) atoms. The van der Waals surface area contributed by atoms with E-state index >= 15 is 0 Å². The molecule has 0 spiro atoms. The van der Waals surface area contributed by atoms with Crippen molar-refractivity contribution in [2.75, 3.05) is 39.8 Å². The zero-order valence-corrected chi connectivity index (χ0v) is 27.8. The lowest BCUT2D eigenvalue weighted by Gasteiger charge is -2.33. The van der Waals surface area contributed by atoms with Gasteiger partial charge in [-0.3, -0.25) is 10.9 Å². The van der Waals surface area contributed by atoms with E-state index in [9.17, 15) is 18.0 Å². The predicted octanol–water partition coefficient (Wildman–Crippen LogP) is 7.49. The number of nitrogens with zero attached hydrogens (tertiary/aromatic N) is 1. The van der Waals surface area contributed by atoms with Crippen LogP contribution in [-0.2, 0) is 10.2 Å². The van der Waals surface area contributed by atoms with E-state index in [1.165, 1.54) is 66.8 Å². The van der Waals surface area contributed by atoms with Crippen LogP contribution in [0.2, 0.25) is 0 Å². The number of halogens is 3. The van der Waals surface area contributed by atoms with Crippen molar-refractivity contribution in [1.82, 2.24) is 21.1 Å². The molecule has 1 saturated heterocycles. The smallest absolute Gasteiger partial charge is 0.312 e. The first-order chi connectivity index (χ1) is 22.9. The molecule has 0 amide bonds. The number of unbranched alkanes of at least 4 members (excludes halogenated alkanes) is 2. The van der Waals surface area contributed by atoms with E-state index in [0.29, 0.717) is 6.04 Å². The van der Waals surface area contributed by atoms with Crippen molar-refractivity contribution in [3.8, 4) is 23.0 Å². The number of piperidine rings is 1. The van der Waals surface area contributed by atoms with E-state index < -0.39 is 18.1 Å². The molecule has 8 heteroatoms. The van der Waals surface area contributed by atoms with Crippen LogP contribution in [0.1, 0.15) is 81.8 Å². The molecule has 0 bridgehead atoms. The van der Waals surface area contributed by atoms with Gasteiger partial charge in [0.1, 0.15) is 6.29 Å². The second-order valence-corrected chi connectivity index (χ2v) is 12.7. The SMILES string of the molecule is CNCC(F)(F)F.O=CC1(CCCCN2CCC(NNCCCCC3=CCCC#CC/C=C\3)CC2)c2ccccc2-c2ccccc21. The molecular weight excluding hydrogens is 597 g/mol. The van der Waals surface area contributed by atoms with Gasteiger partial charge >= 0.3 is 6.18 Å². The maximum absolute atomic E-state index is 12.6. The second kappa shape index (κ2) is 18.9. The molecule has 0 atom stereocenters. The number of likely N-dealkylation sites (tertiary alicyclic amines) is 1. The average Bonchev–Trinajstić information content (AvgIpc) is 3.42. The molecule has 3 N–H and O–H groups in total. The van der Waals surface area contributed by atoms with Gasteiger partial charge in [-0.25, -0.2) is 0 Å². The Hall–Kier alpha value is -3.22. The van der Waals surface area contributed by atoms with Gasteiger partial charge < -0.3 is 15.0 Å². The molecule has 1 fully saturated rings. The third kappa shape index (κ3) is 11.2. The molecule has 5 rings (SSSR count). The van der Waals surface area contributed by atoms with Crippen LogP contribution in [-0.4, -0.2) is 63.2 Å². The topological polar surface area (TPSA) is 56.4 Å². The maximum Gasteiger partial charge on any atom is 0.401 e. The highest BCUT2D eigenvalue weighted by Crippen LogP contribution is 2.50. The number of rotatable bonds is 14. The molecule has 0 radical (unpaired) electrons. The lowest BCUT2D eigenvalue weighted by molar-refractivity contribution is -0.123. The lowest BCUT2D eigenvalue weighted by atomic mass is 9.75. The van der Waals surface area contributed by atoms with Gasteiger partial charge in [0.2, 0.25) is 0 Å². The molecule has 254 valence electrons. The van der Waals surface area contributed by atoms with Crippen molar-refractivity contribution in [1.29, 1.82) is 0 Å². The summed E-state index contributed by atoms with van der Waals surface area (Å²) in [5.41, 5.74) is 12.9. The zero-order chi connectivity index (χ0) is 33.4. The molecule has 0 aromatic heterocycles. The van der Waals surface area contributed by atoms with Crippen LogP contribution in [0, 0.1) is 11.8 Å². The lowest BCUT2D eigenvalue weighted by Crippen LogP contribution is -2.48. The number of allylic oxidation sites excluding steroid dienone is 4. The molecule has 0 unspecified atom stereocenters. The highest BCUT2D eigenvalue weighted by atomic mass is 19.4. The molecule has 2 aromatic carbocycles. The molecule has 5 nitrogen and oxygen atoms in total. The molecular formula is C39H51F3N4O. The number of hydrogen-bond acceptors (Lipinski definition) is 5. The molecule has 3 aliphatic rings. The van der Waals surface area contributed by atoms with E-state index in [1.807, 2.05) is 5.32 Å². The van der Waals surface area contributed by atoms with Gasteiger partial charge in [0.15, 0.2) is 0 Å². The summed E-state index contributed by atoms with van der Waals surface area (Å²) >= 11 is 0. The summed E-state index contributed by atoms with van der Waals surface area (Å²) < 4.78 is 33.0. The summed E-state index contributed by atoms with van der Waals surface area (Å²) in [5.74, 6) is 6.41. The van der Waals surface area contributed by atoms with E-state index in [-0.39, 0.29) is 0 Å². The number of aldehydes is 1. The Morgan fingerprint density at radius 3 is 2.30 bits per heavy atom. The van der Waals surface area contributed by atoms with E-state index in [2.05, 4.69) is 94.4 Å². The molecule has 1 aliphatic heterocycles. The maximum atomic E-state index is 12.6. The molecule has 0 saturated carbocycles. The Morgan fingerprint density at radius 2 is 1.66 bits per heavy atom. The second-order valence-electron chi connectivity index (χ2n) is 12.7. The van der Waals surface area contributed by atoms with Gasteiger partial charge in [-0.2, -0.15) is 13.2 Å². The summed E-state index contributed by atoms with van der Waals surface area (Å²) in [6, 6.07) is 17.5. The quantitative estimate of drug-likeness (QED) is 0.0858. The summed E-state index contributed by atoms with van der Waals surface area (Å²) in [7, 11) is 1.26. The van der Waals surface area contributed by atoms with Crippen LogP contribution in [0.3, 0.4) is 0 Å². The fraction of sp³-hybridized carbons (Fsp3) is 0.513. The normalized spacial score (nSPS) is 18.2. The highest BCUT2D eigenvalue weighted by Gasteiger charge is 2.42. The van der Waals surface area contributed by atoms with Crippen molar-refractivity contribution in [3.05, 3.63) is 83.5 Å². The van der Waals surface area contributed by atoms with Crippen molar-refractivity contribution in [2.24, 2.45) is 0 Å². The van der Waals surface area contributed by atoms with Crippen molar-refractivity contribution < 1.29 is 18.0 Å². The van der Waals surface area contributed by atoms with Crippen LogP contribution in [0.5, 0.6) is 0 Å². The number of hydrazine groups is 1. The van der Waals surface area contributed by atoms with Crippen LogP contribution in [0.25, 0.3) is 11.1 Å². The Bertz CT molecular complexity index is 1340. The van der Waals surface area contributed by atoms with Gasteiger partial charge in [-0.05, 0) is 100 Å². The van der Waals surface area contributed by atoms with Crippen LogP contribution < -0.4 is 16.2 Å². The predicted molar refractivity (Wildman–Crippen MR) is 186 cm³/mol. The van der Waals surface area contributed by atoms with E-state index in [1.54, 1.807) is 0 Å². The number of carbonyl (C=O) groups excluding carboxylic acids is 1. The molecule has 2 aromatic rings. The minimum absolute atomic E-state index is 0.493.